The highest BCUT2D eigenvalue weighted by Gasteiger charge is 2.23. The fourth-order valence-electron chi connectivity index (χ4n) is 2.70. The molecule has 1 amide bonds. The summed E-state index contributed by atoms with van der Waals surface area (Å²) in [6, 6.07) is 4.65. The first kappa shape index (κ1) is 15.5. The molecule has 1 saturated heterocycles. The van der Waals surface area contributed by atoms with E-state index in [0.29, 0.717) is 6.04 Å². The van der Waals surface area contributed by atoms with Gasteiger partial charge in [0.15, 0.2) is 0 Å². The minimum Gasteiger partial charge on any atom is -0.354 e. The molecule has 3 nitrogen and oxygen atoms in total. The second-order valence-electron chi connectivity index (χ2n) is 5.88. The van der Waals surface area contributed by atoms with Gasteiger partial charge in [0, 0.05) is 17.3 Å². The summed E-state index contributed by atoms with van der Waals surface area (Å²) in [5.74, 6) is 0.212. The maximum absolute atomic E-state index is 11.8. The van der Waals surface area contributed by atoms with Crippen LogP contribution in [0.5, 0.6) is 0 Å². The van der Waals surface area contributed by atoms with Gasteiger partial charge < -0.3 is 5.32 Å². The van der Waals surface area contributed by atoms with Crippen LogP contribution in [0.2, 0.25) is 0 Å². The predicted molar refractivity (Wildman–Crippen MR) is 84.9 cm³/mol. The normalized spacial score (nSPS) is 18.8. The second-order valence-corrected chi connectivity index (χ2v) is 6.86. The van der Waals surface area contributed by atoms with Gasteiger partial charge in [-0.3, -0.25) is 9.69 Å². The van der Waals surface area contributed by atoms with Crippen molar-refractivity contribution in [2.45, 2.75) is 45.6 Å². The number of hydrogen-bond donors (Lipinski definition) is 1. The maximum atomic E-state index is 11.8. The van der Waals surface area contributed by atoms with Crippen LogP contribution < -0.4 is 5.32 Å². The number of likely N-dealkylation sites (tertiary alicyclic amines) is 1. The summed E-state index contributed by atoms with van der Waals surface area (Å²) in [6.45, 7) is 6.93. The number of amides is 1. The highest BCUT2D eigenvalue weighted by molar-refractivity contribution is 7.10. The number of nitrogens with one attached hydrogen (secondary N) is 1. The molecule has 0 unspecified atom stereocenters. The van der Waals surface area contributed by atoms with Crippen LogP contribution in [0.1, 0.15) is 50.4 Å². The first-order valence-electron chi connectivity index (χ1n) is 7.73. The van der Waals surface area contributed by atoms with Crippen molar-refractivity contribution in [3.05, 3.63) is 22.4 Å². The Bertz CT molecular complexity index is 395. The van der Waals surface area contributed by atoms with Crippen molar-refractivity contribution in [2.75, 3.05) is 19.6 Å². The molecule has 2 rings (SSSR count). The van der Waals surface area contributed by atoms with Crippen molar-refractivity contribution in [3.8, 4) is 0 Å². The fraction of sp³-hybridized carbons (Fsp3) is 0.688. The molecule has 1 aliphatic rings. The molecule has 4 heteroatoms. The standard InChI is InChI=1S/C16H26N2OS/c1-13(2)16(19)17-12-14(15-8-7-11-20-15)18-9-5-3-4-6-10-18/h7-8,11,13-14H,3-6,9-10,12H2,1-2H3,(H,17,19)/t14-/m0/s1. The molecule has 0 aromatic carbocycles. The van der Waals surface area contributed by atoms with Crippen LogP contribution >= 0.6 is 11.3 Å². The van der Waals surface area contributed by atoms with Crippen molar-refractivity contribution in [1.29, 1.82) is 0 Å². The van der Waals surface area contributed by atoms with E-state index < -0.39 is 0 Å². The van der Waals surface area contributed by atoms with E-state index >= 15 is 0 Å². The average Bonchev–Trinajstić information content (AvgIpc) is 2.82. The first-order valence-corrected chi connectivity index (χ1v) is 8.61. The van der Waals surface area contributed by atoms with E-state index in [0.717, 1.165) is 19.6 Å². The number of carbonyl (C=O) groups excluding carboxylic acids is 1. The van der Waals surface area contributed by atoms with E-state index in [2.05, 4.69) is 27.7 Å². The molecule has 112 valence electrons. The highest BCUT2D eigenvalue weighted by Crippen LogP contribution is 2.27. The van der Waals surface area contributed by atoms with Gasteiger partial charge in [0.05, 0.1) is 6.04 Å². The number of hydrogen-bond acceptors (Lipinski definition) is 3. The van der Waals surface area contributed by atoms with E-state index in [4.69, 9.17) is 0 Å². The summed E-state index contributed by atoms with van der Waals surface area (Å²) in [7, 11) is 0. The molecule has 2 heterocycles. The molecule has 1 N–H and O–H groups in total. The van der Waals surface area contributed by atoms with E-state index in [9.17, 15) is 4.79 Å². The Balaban J connectivity index is 2.02. The molecule has 0 saturated carbocycles. The Morgan fingerprint density at radius 1 is 1.30 bits per heavy atom. The number of nitrogens with zero attached hydrogens (tertiary/aromatic N) is 1. The SMILES string of the molecule is CC(C)C(=O)NC[C@@H](c1cccs1)N1CCCCCC1. The van der Waals surface area contributed by atoms with Gasteiger partial charge in [-0.25, -0.2) is 0 Å². The van der Waals surface area contributed by atoms with Crippen molar-refractivity contribution < 1.29 is 4.79 Å². The van der Waals surface area contributed by atoms with Gasteiger partial charge in [0.1, 0.15) is 0 Å². The molecular formula is C16H26N2OS. The summed E-state index contributed by atoms with van der Waals surface area (Å²) in [5, 5.41) is 5.24. The second kappa shape index (κ2) is 7.79. The van der Waals surface area contributed by atoms with E-state index in [-0.39, 0.29) is 11.8 Å². The number of thiophene rings is 1. The van der Waals surface area contributed by atoms with Gasteiger partial charge in [-0.1, -0.05) is 32.8 Å². The van der Waals surface area contributed by atoms with Crippen LogP contribution in [0.25, 0.3) is 0 Å². The molecule has 1 aliphatic heterocycles. The maximum Gasteiger partial charge on any atom is 0.222 e. The van der Waals surface area contributed by atoms with Gasteiger partial charge in [0.2, 0.25) is 5.91 Å². The van der Waals surface area contributed by atoms with Crippen molar-refractivity contribution in [1.82, 2.24) is 10.2 Å². The summed E-state index contributed by atoms with van der Waals surface area (Å²) < 4.78 is 0. The van der Waals surface area contributed by atoms with Crippen LogP contribution in [0.15, 0.2) is 17.5 Å². The Kier molecular flexibility index (Phi) is 6.05. The van der Waals surface area contributed by atoms with E-state index in [1.807, 2.05) is 13.8 Å². The quantitative estimate of drug-likeness (QED) is 0.902. The van der Waals surface area contributed by atoms with E-state index in [1.165, 1.54) is 30.6 Å². The number of carbonyl (C=O) groups is 1. The zero-order valence-corrected chi connectivity index (χ0v) is 13.4. The molecule has 0 radical (unpaired) electrons. The van der Waals surface area contributed by atoms with Crippen molar-refractivity contribution >= 4 is 17.2 Å². The van der Waals surface area contributed by atoms with Crippen LogP contribution in [0, 0.1) is 5.92 Å². The molecule has 0 aliphatic carbocycles. The Labute approximate surface area is 126 Å². The van der Waals surface area contributed by atoms with Gasteiger partial charge >= 0.3 is 0 Å². The monoisotopic (exact) mass is 294 g/mol. The minimum atomic E-state index is 0.0584. The van der Waals surface area contributed by atoms with Crippen LogP contribution in [0.3, 0.4) is 0 Å². The van der Waals surface area contributed by atoms with Crippen LogP contribution in [-0.2, 0) is 4.79 Å². The smallest absolute Gasteiger partial charge is 0.222 e. The largest absolute Gasteiger partial charge is 0.354 e. The Morgan fingerprint density at radius 3 is 2.55 bits per heavy atom. The number of rotatable bonds is 5. The van der Waals surface area contributed by atoms with Crippen molar-refractivity contribution in [2.24, 2.45) is 5.92 Å². The van der Waals surface area contributed by atoms with Gasteiger partial charge in [-0.2, -0.15) is 0 Å². The Morgan fingerprint density at radius 2 is 2.00 bits per heavy atom. The minimum absolute atomic E-state index is 0.0584. The third-order valence-corrected chi connectivity index (χ3v) is 4.92. The molecule has 0 bridgehead atoms. The predicted octanol–water partition coefficient (Wildman–Crippen LogP) is 3.44. The molecule has 1 aromatic rings. The summed E-state index contributed by atoms with van der Waals surface area (Å²) >= 11 is 1.80. The van der Waals surface area contributed by atoms with Crippen molar-refractivity contribution in [3.63, 3.8) is 0 Å². The third kappa shape index (κ3) is 4.32. The fourth-order valence-corrected chi connectivity index (χ4v) is 3.56. The van der Waals surface area contributed by atoms with Gasteiger partial charge in [0.25, 0.3) is 0 Å². The van der Waals surface area contributed by atoms with Crippen LogP contribution in [0.4, 0.5) is 0 Å². The topological polar surface area (TPSA) is 32.3 Å². The highest BCUT2D eigenvalue weighted by atomic mass is 32.1. The zero-order chi connectivity index (χ0) is 14.4. The third-order valence-electron chi connectivity index (χ3n) is 3.95. The molecule has 1 fully saturated rings. The lowest BCUT2D eigenvalue weighted by atomic mass is 10.1. The zero-order valence-electron chi connectivity index (χ0n) is 12.6. The van der Waals surface area contributed by atoms with Crippen LogP contribution in [-0.4, -0.2) is 30.4 Å². The molecule has 20 heavy (non-hydrogen) atoms. The summed E-state index contributed by atoms with van der Waals surface area (Å²) in [6.07, 6.45) is 5.23. The first-order chi connectivity index (χ1) is 9.68. The van der Waals surface area contributed by atoms with Gasteiger partial charge in [-0.05, 0) is 37.4 Å². The lowest BCUT2D eigenvalue weighted by Gasteiger charge is -2.30. The summed E-state index contributed by atoms with van der Waals surface area (Å²) in [5.41, 5.74) is 0. The lowest BCUT2D eigenvalue weighted by Crippen LogP contribution is -2.39. The average molecular weight is 294 g/mol. The summed E-state index contributed by atoms with van der Waals surface area (Å²) in [4.78, 5) is 15.8. The van der Waals surface area contributed by atoms with Gasteiger partial charge in [-0.15, -0.1) is 11.3 Å². The molecule has 1 atom stereocenters. The molecule has 0 spiro atoms. The Hall–Kier alpha value is -0.870. The molecular weight excluding hydrogens is 268 g/mol. The lowest BCUT2D eigenvalue weighted by molar-refractivity contribution is -0.124. The molecule has 1 aromatic heterocycles. The van der Waals surface area contributed by atoms with E-state index in [1.54, 1.807) is 11.3 Å².